The fourth-order valence-corrected chi connectivity index (χ4v) is 1.76. The summed E-state index contributed by atoms with van der Waals surface area (Å²) in [5, 5.41) is 12.7. The molecule has 0 aromatic heterocycles. The summed E-state index contributed by atoms with van der Waals surface area (Å²) in [5.41, 5.74) is 2.23. The van der Waals surface area contributed by atoms with Crippen LogP contribution in [0.2, 0.25) is 0 Å². The maximum absolute atomic E-state index is 9.26. The molecule has 0 aliphatic heterocycles. The lowest BCUT2D eigenvalue weighted by Gasteiger charge is -2.17. The van der Waals surface area contributed by atoms with Crippen molar-refractivity contribution in [2.75, 3.05) is 19.8 Å². The molecule has 1 atom stereocenters. The van der Waals surface area contributed by atoms with Gasteiger partial charge in [0, 0.05) is 12.6 Å². The van der Waals surface area contributed by atoms with Crippen molar-refractivity contribution in [2.24, 2.45) is 0 Å². The molecule has 1 unspecified atom stereocenters. The number of benzene rings is 1. The number of phenols is 1. The van der Waals surface area contributed by atoms with Gasteiger partial charge in [-0.25, -0.2) is 0 Å². The molecule has 0 heterocycles. The van der Waals surface area contributed by atoms with Crippen LogP contribution in [0.1, 0.15) is 31.9 Å². The molecule has 100 valence electrons. The Balaban J connectivity index is 2.33. The summed E-state index contributed by atoms with van der Waals surface area (Å²) in [6.07, 6.45) is 1.01. The molecule has 0 aliphatic carbocycles. The number of hydrogen-bond donors (Lipinski definition) is 2. The second kappa shape index (κ2) is 7.90. The van der Waals surface area contributed by atoms with Crippen LogP contribution < -0.4 is 5.32 Å². The van der Waals surface area contributed by atoms with E-state index in [2.05, 4.69) is 18.8 Å². The summed E-state index contributed by atoms with van der Waals surface area (Å²) in [7, 11) is 0. The smallest absolute Gasteiger partial charge is 0.115 e. The maximum atomic E-state index is 9.26. The molecule has 18 heavy (non-hydrogen) atoms. The predicted molar refractivity (Wildman–Crippen MR) is 74.8 cm³/mol. The highest BCUT2D eigenvalue weighted by Crippen LogP contribution is 2.19. The highest BCUT2D eigenvalue weighted by atomic mass is 16.5. The Morgan fingerprint density at radius 1 is 1.39 bits per heavy atom. The van der Waals surface area contributed by atoms with E-state index in [0.29, 0.717) is 25.0 Å². The standard InChI is InChI=1S/C15H23NO2/c1-4-15(13-5-7-14(17)8-6-13)16-9-10-18-11-12(2)3/h5-8,15-17H,2,4,9-11H2,1,3H3. The molecule has 1 aromatic carbocycles. The third-order valence-corrected chi connectivity index (χ3v) is 2.69. The lowest BCUT2D eigenvalue weighted by Crippen LogP contribution is -2.25. The third-order valence-electron chi connectivity index (χ3n) is 2.69. The number of nitrogens with one attached hydrogen (secondary N) is 1. The first kappa shape index (κ1) is 14.7. The minimum absolute atomic E-state index is 0.304. The van der Waals surface area contributed by atoms with Crippen LogP contribution in [0, 0.1) is 0 Å². The number of rotatable bonds is 8. The average Bonchev–Trinajstić information content (AvgIpc) is 2.35. The van der Waals surface area contributed by atoms with Gasteiger partial charge in [-0.15, -0.1) is 0 Å². The van der Waals surface area contributed by atoms with E-state index in [0.717, 1.165) is 18.5 Å². The molecule has 0 aliphatic rings. The maximum Gasteiger partial charge on any atom is 0.115 e. The van der Waals surface area contributed by atoms with E-state index in [4.69, 9.17) is 4.74 Å². The summed E-state index contributed by atoms with van der Waals surface area (Å²) in [5.74, 6) is 0.304. The Morgan fingerprint density at radius 2 is 2.06 bits per heavy atom. The van der Waals surface area contributed by atoms with Crippen molar-refractivity contribution < 1.29 is 9.84 Å². The van der Waals surface area contributed by atoms with Gasteiger partial charge in [0.1, 0.15) is 5.75 Å². The van der Waals surface area contributed by atoms with Crippen LogP contribution in [0.15, 0.2) is 36.4 Å². The first-order chi connectivity index (χ1) is 8.63. The van der Waals surface area contributed by atoms with Crippen molar-refractivity contribution in [3.63, 3.8) is 0 Å². The van der Waals surface area contributed by atoms with Gasteiger partial charge in [0.15, 0.2) is 0 Å². The van der Waals surface area contributed by atoms with E-state index in [1.807, 2.05) is 19.1 Å². The molecule has 3 heteroatoms. The quantitative estimate of drug-likeness (QED) is 0.549. The van der Waals surface area contributed by atoms with Crippen LogP contribution in [0.3, 0.4) is 0 Å². The first-order valence-corrected chi connectivity index (χ1v) is 6.38. The van der Waals surface area contributed by atoms with Gasteiger partial charge in [-0.3, -0.25) is 0 Å². The van der Waals surface area contributed by atoms with Crippen molar-refractivity contribution in [1.82, 2.24) is 5.32 Å². The average molecular weight is 249 g/mol. The lowest BCUT2D eigenvalue weighted by molar-refractivity contribution is 0.155. The van der Waals surface area contributed by atoms with Crippen LogP contribution >= 0.6 is 0 Å². The van der Waals surface area contributed by atoms with Gasteiger partial charge >= 0.3 is 0 Å². The first-order valence-electron chi connectivity index (χ1n) is 6.38. The molecular formula is C15H23NO2. The van der Waals surface area contributed by atoms with Gasteiger partial charge < -0.3 is 15.2 Å². The molecule has 0 bridgehead atoms. The van der Waals surface area contributed by atoms with Crippen molar-refractivity contribution in [2.45, 2.75) is 26.3 Å². The molecule has 0 amide bonds. The number of aromatic hydroxyl groups is 1. The fourth-order valence-electron chi connectivity index (χ4n) is 1.76. The summed E-state index contributed by atoms with van der Waals surface area (Å²) in [6.45, 7) is 10.0. The van der Waals surface area contributed by atoms with Crippen molar-refractivity contribution in [3.8, 4) is 5.75 Å². The Morgan fingerprint density at radius 3 is 2.61 bits per heavy atom. The Hall–Kier alpha value is -1.32. The van der Waals surface area contributed by atoms with E-state index in [1.165, 1.54) is 5.56 Å². The van der Waals surface area contributed by atoms with Crippen LogP contribution in [-0.4, -0.2) is 24.9 Å². The summed E-state index contributed by atoms with van der Waals surface area (Å²) >= 11 is 0. The van der Waals surface area contributed by atoms with Crippen molar-refractivity contribution in [1.29, 1.82) is 0 Å². The molecule has 0 fully saturated rings. The van der Waals surface area contributed by atoms with Crippen LogP contribution in [-0.2, 0) is 4.74 Å². The molecule has 1 aromatic rings. The Kier molecular flexibility index (Phi) is 6.47. The summed E-state index contributed by atoms with van der Waals surface area (Å²) < 4.78 is 5.44. The van der Waals surface area contributed by atoms with Crippen LogP contribution in [0.5, 0.6) is 5.75 Å². The molecule has 0 radical (unpaired) electrons. The zero-order valence-corrected chi connectivity index (χ0v) is 11.3. The molecule has 1 rings (SSSR count). The highest BCUT2D eigenvalue weighted by molar-refractivity contribution is 5.27. The van der Waals surface area contributed by atoms with E-state index < -0.39 is 0 Å². The molecule has 0 saturated heterocycles. The summed E-state index contributed by atoms with van der Waals surface area (Å²) in [6, 6.07) is 7.64. The van der Waals surface area contributed by atoms with Crippen LogP contribution in [0.25, 0.3) is 0 Å². The zero-order valence-electron chi connectivity index (χ0n) is 11.3. The third kappa shape index (κ3) is 5.34. The largest absolute Gasteiger partial charge is 0.508 e. The van der Waals surface area contributed by atoms with Gasteiger partial charge in [0.2, 0.25) is 0 Å². The fraction of sp³-hybridized carbons (Fsp3) is 0.467. The van der Waals surface area contributed by atoms with E-state index in [-0.39, 0.29) is 0 Å². The SMILES string of the molecule is C=C(C)COCCNC(CC)c1ccc(O)cc1. The van der Waals surface area contributed by atoms with Crippen molar-refractivity contribution in [3.05, 3.63) is 42.0 Å². The van der Waals surface area contributed by atoms with Gasteiger partial charge in [-0.1, -0.05) is 31.2 Å². The Bertz CT molecular complexity index is 359. The topological polar surface area (TPSA) is 41.5 Å². The molecule has 3 nitrogen and oxygen atoms in total. The minimum Gasteiger partial charge on any atom is -0.508 e. The van der Waals surface area contributed by atoms with Gasteiger partial charge in [0.05, 0.1) is 13.2 Å². The lowest BCUT2D eigenvalue weighted by atomic mass is 10.0. The number of phenolic OH excluding ortho intramolecular Hbond substituents is 1. The van der Waals surface area contributed by atoms with Crippen LogP contribution in [0.4, 0.5) is 0 Å². The van der Waals surface area contributed by atoms with Gasteiger partial charge in [-0.2, -0.15) is 0 Å². The molecule has 2 N–H and O–H groups in total. The number of hydrogen-bond acceptors (Lipinski definition) is 3. The molecular weight excluding hydrogens is 226 g/mol. The second-order valence-corrected chi connectivity index (χ2v) is 4.52. The number of ether oxygens (including phenoxy) is 1. The van der Waals surface area contributed by atoms with Crippen molar-refractivity contribution >= 4 is 0 Å². The Labute approximate surface area is 109 Å². The summed E-state index contributed by atoms with van der Waals surface area (Å²) in [4.78, 5) is 0. The molecule has 0 spiro atoms. The minimum atomic E-state index is 0.304. The van der Waals surface area contributed by atoms with E-state index >= 15 is 0 Å². The van der Waals surface area contributed by atoms with Gasteiger partial charge in [0.25, 0.3) is 0 Å². The normalized spacial score (nSPS) is 12.3. The van der Waals surface area contributed by atoms with Gasteiger partial charge in [-0.05, 0) is 31.0 Å². The molecule has 0 saturated carbocycles. The predicted octanol–water partition coefficient (Wildman–Crippen LogP) is 3.03. The monoisotopic (exact) mass is 249 g/mol. The second-order valence-electron chi connectivity index (χ2n) is 4.52. The highest BCUT2D eigenvalue weighted by Gasteiger charge is 2.07. The van der Waals surface area contributed by atoms with E-state index in [1.54, 1.807) is 12.1 Å². The zero-order chi connectivity index (χ0) is 13.4. The van der Waals surface area contributed by atoms with E-state index in [9.17, 15) is 5.11 Å².